The Morgan fingerprint density at radius 3 is 2.37 bits per heavy atom. The Labute approximate surface area is 185 Å². The lowest BCUT2D eigenvalue weighted by atomic mass is 9.84. The van der Waals surface area contributed by atoms with Gasteiger partial charge in [-0.1, -0.05) is 39.3 Å². The molecule has 1 fully saturated rings. The number of piperidine rings is 1. The molecule has 0 saturated carbocycles. The van der Waals surface area contributed by atoms with Gasteiger partial charge in [0.1, 0.15) is 11.6 Å². The molecule has 1 aliphatic heterocycles. The zero-order valence-electron chi connectivity index (χ0n) is 18.4. The van der Waals surface area contributed by atoms with Crippen molar-refractivity contribution in [2.45, 2.75) is 65.0 Å². The van der Waals surface area contributed by atoms with Crippen LogP contribution in [0.15, 0.2) is 24.3 Å². The van der Waals surface area contributed by atoms with E-state index in [1.165, 1.54) is 0 Å². The fourth-order valence-corrected chi connectivity index (χ4v) is 4.01. The zero-order chi connectivity index (χ0) is 22.4. The summed E-state index contributed by atoms with van der Waals surface area (Å²) in [5.74, 6) is -0.500. The molecule has 0 aromatic heterocycles. The topological polar surface area (TPSA) is 85.2 Å². The monoisotopic (exact) mass is 432 g/mol. The van der Waals surface area contributed by atoms with E-state index in [4.69, 9.17) is 11.6 Å². The molecule has 2 amide bonds. The third-order valence-corrected chi connectivity index (χ3v) is 5.65. The van der Waals surface area contributed by atoms with Crippen LogP contribution in [0.3, 0.4) is 0 Å². The summed E-state index contributed by atoms with van der Waals surface area (Å²) in [6, 6.07) is 8.31. The van der Waals surface area contributed by atoms with Crippen LogP contribution in [0.25, 0.3) is 0 Å². The van der Waals surface area contributed by atoms with Gasteiger partial charge in [-0.15, -0.1) is 0 Å². The molecule has 0 radical (unpaired) electrons. The minimum absolute atomic E-state index is 0.181. The molecule has 6 nitrogen and oxygen atoms in total. The van der Waals surface area contributed by atoms with Crippen molar-refractivity contribution in [2.24, 2.45) is 5.41 Å². The van der Waals surface area contributed by atoms with Crippen molar-refractivity contribution in [3.8, 4) is 6.07 Å². The number of halogens is 1. The molecule has 1 atom stereocenters. The van der Waals surface area contributed by atoms with E-state index in [0.717, 1.165) is 6.42 Å². The van der Waals surface area contributed by atoms with Crippen molar-refractivity contribution >= 4 is 23.4 Å². The number of nitrogens with zero attached hydrogens (tertiary/aromatic N) is 2. The first-order chi connectivity index (χ1) is 14.1. The fraction of sp³-hybridized carbons (Fsp3) is 0.609. The van der Waals surface area contributed by atoms with E-state index in [2.05, 4.69) is 16.7 Å². The molecule has 1 saturated heterocycles. The van der Waals surface area contributed by atoms with Crippen molar-refractivity contribution in [3.63, 3.8) is 0 Å². The number of rotatable bonds is 7. The number of benzene rings is 1. The summed E-state index contributed by atoms with van der Waals surface area (Å²) < 4.78 is 0. The van der Waals surface area contributed by atoms with Gasteiger partial charge >= 0.3 is 0 Å². The lowest BCUT2D eigenvalue weighted by molar-refractivity contribution is -0.139. The summed E-state index contributed by atoms with van der Waals surface area (Å²) in [5.41, 5.74) is -0.566. The van der Waals surface area contributed by atoms with Gasteiger partial charge in [-0.3, -0.25) is 9.59 Å². The molecule has 30 heavy (non-hydrogen) atoms. The Bertz CT molecular complexity index is 774. The van der Waals surface area contributed by atoms with Gasteiger partial charge in [0.25, 0.3) is 5.91 Å². The normalized spacial score (nSPS) is 16.9. The lowest BCUT2D eigenvalue weighted by Crippen LogP contribution is -2.61. The van der Waals surface area contributed by atoms with Crippen LogP contribution in [0.1, 0.15) is 63.7 Å². The second kappa shape index (κ2) is 10.3. The molecule has 1 aromatic rings. The van der Waals surface area contributed by atoms with Crippen molar-refractivity contribution in [2.75, 3.05) is 19.6 Å². The van der Waals surface area contributed by atoms with Crippen LogP contribution in [0, 0.1) is 16.7 Å². The number of nitrogens with one attached hydrogen (secondary N) is 2. The van der Waals surface area contributed by atoms with Gasteiger partial charge in [0, 0.05) is 17.1 Å². The number of carbonyl (C=O) groups excluding carboxylic acids is 2. The molecule has 1 aromatic carbocycles. The summed E-state index contributed by atoms with van der Waals surface area (Å²) in [7, 11) is 0. The lowest BCUT2D eigenvalue weighted by Gasteiger charge is -2.43. The Morgan fingerprint density at radius 2 is 1.87 bits per heavy atom. The van der Waals surface area contributed by atoms with Crippen molar-refractivity contribution in [1.82, 2.24) is 15.5 Å². The molecule has 0 spiro atoms. The average Bonchev–Trinajstić information content (AvgIpc) is 2.71. The summed E-state index contributed by atoms with van der Waals surface area (Å²) in [6.45, 7) is 10.00. The van der Waals surface area contributed by atoms with Gasteiger partial charge in [0.05, 0.1) is 6.07 Å². The first kappa shape index (κ1) is 24.2. The van der Waals surface area contributed by atoms with E-state index in [0.29, 0.717) is 49.5 Å². The van der Waals surface area contributed by atoms with Crippen molar-refractivity contribution in [3.05, 3.63) is 34.9 Å². The highest BCUT2D eigenvalue weighted by Crippen LogP contribution is 2.29. The molecule has 7 heteroatoms. The SMILES string of the molecule is CCCN(C(=O)C(CC(C)(C)C)NC(=O)c1ccc(Cl)cc1)C1(C#N)CCNCC1. The maximum atomic E-state index is 13.7. The van der Waals surface area contributed by atoms with Crippen LogP contribution in [0.4, 0.5) is 0 Å². The van der Waals surface area contributed by atoms with Gasteiger partial charge in [0.2, 0.25) is 5.91 Å². The summed E-state index contributed by atoms with van der Waals surface area (Å²) >= 11 is 5.93. The minimum Gasteiger partial charge on any atom is -0.340 e. The molecule has 2 rings (SSSR count). The Morgan fingerprint density at radius 1 is 1.27 bits per heavy atom. The standard InChI is InChI=1S/C23H33ClN4O2/c1-5-14-28(23(16-25)10-12-26-13-11-23)21(30)19(15-22(2,3)4)27-20(29)17-6-8-18(24)9-7-17/h6-9,19,26H,5,10-15H2,1-4H3,(H,27,29). The van der Waals surface area contributed by atoms with Gasteiger partial charge in [-0.25, -0.2) is 0 Å². The highest BCUT2D eigenvalue weighted by Gasteiger charge is 2.43. The number of nitriles is 1. The van der Waals surface area contributed by atoms with E-state index in [1.807, 2.05) is 27.7 Å². The van der Waals surface area contributed by atoms with Gasteiger partial charge in [-0.05, 0) is 68.5 Å². The quantitative estimate of drug-likeness (QED) is 0.686. The van der Waals surface area contributed by atoms with E-state index in [-0.39, 0.29) is 17.2 Å². The van der Waals surface area contributed by atoms with Crippen LogP contribution < -0.4 is 10.6 Å². The molecule has 164 valence electrons. The highest BCUT2D eigenvalue weighted by molar-refractivity contribution is 6.30. The van der Waals surface area contributed by atoms with Crippen molar-refractivity contribution < 1.29 is 9.59 Å². The van der Waals surface area contributed by atoms with Gasteiger partial charge in [0.15, 0.2) is 0 Å². The maximum absolute atomic E-state index is 13.7. The molecular formula is C23H33ClN4O2. The molecule has 0 aliphatic carbocycles. The van der Waals surface area contributed by atoms with E-state index in [1.54, 1.807) is 29.2 Å². The third kappa shape index (κ3) is 6.20. The average molecular weight is 433 g/mol. The first-order valence-electron chi connectivity index (χ1n) is 10.6. The predicted octanol–water partition coefficient (Wildman–Crippen LogP) is 3.76. The summed E-state index contributed by atoms with van der Waals surface area (Å²) in [4.78, 5) is 28.3. The summed E-state index contributed by atoms with van der Waals surface area (Å²) in [5, 5.41) is 16.8. The first-order valence-corrected chi connectivity index (χ1v) is 11.0. The fourth-order valence-electron chi connectivity index (χ4n) is 3.88. The zero-order valence-corrected chi connectivity index (χ0v) is 19.2. The van der Waals surface area contributed by atoms with Gasteiger partial charge in [-0.2, -0.15) is 5.26 Å². The summed E-state index contributed by atoms with van der Waals surface area (Å²) in [6.07, 6.45) is 2.40. The van der Waals surface area contributed by atoms with Crippen LogP contribution in [0.2, 0.25) is 5.02 Å². The Hall–Kier alpha value is -2.10. The molecule has 2 N–H and O–H groups in total. The maximum Gasteiger partial charge on any atom is 0.251 e. The smallest absolute Gasteiger partial charge is 0.251 e. The van der Waals surface area contributed by atoms with Crippen LogP contribution in [0.5, 0.6) is 0 Å². The largest absolute Gasteiger partial charge is 0.340 e. The number of hydrogen-bond acceptors (Lipinski definition) is 4. The van der Waals surface area contributed by atoms with E-state index >= 15 is 0 Å². The van der Waals surface area contributed by atoms with Crippen molar-refractivity contribution in [1.29, 1.82) is 5.26 Å². The number of carbonyl (C=O) groups is 2. The Kier molecular flexibility index (Phi) is 8.28. The molecule has 1 aliphatic rings. The molecule has 1 heterocycles. The number of amides is 2. The highest BCUT2D eigenvalue weighted by atomic mass is 35.5. The van der Waals surface area contributed by atoms with E-state index < -0.39 is 11.6 Å². The van der Waals surface area contributed by atoms with Crippen LogP contribution in [-0.2, 0) is 4.79 Å². The van der Waals surface area contributed by atoms with Crippen LogP contribution in [-0.4, -0.2) is 47.9 Å². The second-order valence-corrected chi connectivity index (χ2v) is 9.62. The predicted molar refractivity (Wildman–Crippen MR) is 119 cm³/mol. The van der Waals surface area contributed by atoms with Gasteiger partial charge < -0.3 is 15.5 Å². The molecule has 1 unspecified atom stereocenters. The van der Waals surface area contributed by atoms with E-state index in [9.17, 15) is 14.9 Å². The second-order valence-electron chi connectivity index (χ2n) is 9.18. The third-order valence-electron chi connectivity index (χ3n) is 5.40. The molecule has 0 bridgehead atoms. The number of hydrogen-bond donors (Lipinski definition) is 2. The minimum atomic E-state index is -0.834. The van der Waals surface area contributed by atoms with Crippen LogP contribution >= 0.6 is 11.6 Å². The molecular weight excluding hydrogens is 400 g/mol. The Balaban J connectivity index is 2.32.